The van der Waals surface area contributed by atoms with E-state index in [2.05, 4.69) is 0 Å². The van der Waals surface area contributed by atoms with Gasteiger partial charge in [-0.25, -0.2) is 0 Å². The monoisotopic (exact) mass is 317 g/mol. The van der Waals surface area contributed by atoms with Gasteiger partial charge >= 0.3 is 5.97 Å². The molecule has 2 bridgehead atoms. The van der Waals surface area contributed by atoms with E-state index in [0.29, 0.717) is 18.3 Å². The van der Waals surface area contributed by atoms with Gasteiger partial charge in [-0.05, 0) is 37.0 Å². The molecular weight excluding hydrogens is 298 g/mol. The van der Waals surface area contributed by atoms with Crippen molar-refractivity contribution in [1.29, 1.82) is 0 Å². The van der Waals surface area contributed by atoms with Crippen LogP contribution in [0.2, 0.25) is 0 Å². The second-order valence-electron chi connectivity index (χ2n) is 6.53. The Morgan fingerprint density at radius 1 is 1.26 bits per heavy atom. The topological polar surface area (TPSA) is 86.5 Å². The van der Waals surface area contributed by atoms with Crippen molar-refractivity contribution < 1.29 is 19.2 Å². The van der Waals surface area contributed by atoms with E-state index in [1.54, 1.807) is 0 Å². The fourth-order valence-electron chi connectivity index (χ4n) is 3.92. The molecule has 0 N–H and O–H groups in total. The summed E-state index contributed by atoms with van der Waals surface area (Å²) in [7, 11) is 0. The van der Waals surface area contributed by atoms with E-state index in [4.69, 9.17) is 4.74 Å². The standard InChI is InChI=1S/C17H19NO5/c19-16(13-2-1-3-15(8-13)18(21)22)10-23-17(20)9-14-7-11-4-5-12(14)6-11/h1-3,8,11-12,14H,4-7,9-10H2/t11-,12+,14-/m0/s1. The highest BCUT2D eigenvalue weighted by atomic mass is 16.6. The minimum absolute atomic E-state index is 0.149. The average Bonchev–Trinajstić information content (AvgIpc) is 3.15. The highest BCUT2D eigenvalue weighted by Crippen LogP contribution is 2.49. The summed E-state index contributed by atoms with van der Waals surface area (Å²) in [6.45, 7) is -0.360. The second-order valence-corrected chi connectivity index (χ2v) is 6.53. The molecule has 3 rings (SSSR count). The molecule has 0 amide bonds. The minimum Gasteiger partial charge on any atom is -0.457 e. The number of hydrogen-bond donors (Lipinski definition) is 0. The molecular formula is C17H19NO5. The Bertz CT molecular complexity index is 642. The number of fused-ring (bicyclic) bond motifs is 2. The van der Waals surface area contributed by atoms with Crippen molar-refractivity contribution in [2.45, 2.75) is 32.1 Å². The third-order valence-corrected chi connectivity index (χ3v) is 5.06. The first kappa shape index (κ1) is 15.6. The predicted octanol–water partition coefficient (Wildman–Crippen LogP) is 3.15. The maximum Gasteiger partial charge on any atom is 0.306 e. The summed E-state index contributed by atoms with van der Waals surface area (Å²) >= 11 is 0. The molecule has 6 heteroatoms. The number of nitrogens with zero attached hydrogens (tertiary/aromatic N) is 1. The van der Waals surface area contributed by atoms with E-state index in [9.17, 15) is 19.7 Å². The number of ketones is 1. The molecule has 1 aromatic carbocycles. The van der Waals surface area contributed by atoms with Crippen LogP contribution in [-0.2, 0) is 9.53 Å². The number of benzene rings is 1. The first-order valence-electron chi connectivity index (χ1n) is 7.96. The molecule has 0 heterocycles. The molecule has 3 atom stereocenters. The zero-order valence-corrected chi connectivity index (χ0v) is 12.8. The van der Waals surface area contributed by atoms with Crippen molar-refractivity contribution >= 4 is 17.4 Å². The lowest BCUT2D eigenvalue weighted by Gasteiger charge is -2.20. The molecule has 0 spiro atoms. The van der Waals surface area contributed by atoms with E-state index in [-0.39, 0.29) is 23.8 Å². The number of nitro benzene ring substituents is 1. The normalized spacial score (nSPS) is 25.3. The number of rotatable bonds is 6. The molecule has 2 aliphatic carbocycles. The maximum absolute atomic E-state index is 12.0. The summed E-state index contributed by atoms with van der Waals surface area (Å²) in [5.74, 6) is 1.04. The summed E-state index contributed by atoms with van der Waals surface area (Å²) < 4.78 is 5.07. The van der Waals surface area contributed by atoms with Crippen LogP contribution in [0.4, 0.5) is 5.69 Å². The number of esters is 1. The third-order valence-electron chi connectivity index (χ3n) is 5.06. The maximum atomic E-state index is 12.0. The fourth-order valence-corrected chi connectivity index (χ4v) is 3.92. The summed E-state index contributed by atoms with van der Waals surface area (Å²) in [4.78, 5) is 34.0. The average molecular weight is 317 g/mol. The largest absolute Gasteiger partial charge is 0.457 e. The van der Waals surface area contributed by atoms with E-state index < -0.39 is 10.7 Å². The van der Waals surface area contributed by atoms with Crippen LogP contribution >= 0.6 is 0 Å². The molecule has 0 aliphatic heterocycles. The van der Waals surface area contributed by atoms with Crippen LogP contribution in [0.15, 0.2) is 24.3 Å². The Morgan fingerprint density at radius 3 is 2.74 bits per heavy atom. The van der Waals surface area contributed by atoms with Crippen LogP contribution in [0.25, 0.3) is 0 Å². The molecule has 0 saturated heterocycles. The highest BCUT2D eigenvalue weighted by Gasteiger charge is 2.40. The quantitative estimate of drug-likeness (QED) is 0.348. The van der Waals surface area contributed by atoms with Gasteiger partial charge in [0, 0.05) is 24.1 Å². The summed E-state index contributed by atoms with van der Waals surface area (Å²) in [5, 5.41) is 10.7. The zero-order valence-electron chi connectivity index (χ0n) is 12.8. The van der Waals surface area contributed by atoms with Gasteiger partial charge in [0.1, 0.15) is 0 Å². The molecule has 2 saturated carbocycles. The number of carbonyl (C=O) groups is 2. The van der Waals surface area contributed by atoms with Crippen LogP contribution in [0.1, 0.15) is 42.5 Å². The van der Waals surface area contributed by atoms with Gasteiger partial charge in [-0.1, -0.05) is 18.6 Å². The van der Waals surface area contributed by atoms with Gasteiger partial charge in [-0.3, -0.25) is 19.7 Å². The van der Waals surface area contributed by atoms with Crippen LogP contribution in [0.3, 0.4) is 0 Å². The molecule has 0 radical (unpaired) electrons. The van der Waals surface area contributed by atoms with Gasteiger partial charge < -0.3 is 4.74 Å². The number of non-ortho nitro benzene ring substituents is 1. The molecule has 1 aromatic rings. The fraction of sp³-hybridized carbons (Fsp3) is 0.529. The van der Waals surface area contributed by atoms with Gasteiger partial charge in [0.15, 0.2) is 6.61 Å². The zero-order chi connectivity index (χ0) is 16.4. The Balaban J connectivity index is 1.49. The molecule has 23 heavy (non-hydrogen) atoms. The molecule has 2 aliphatic rings. The van der Waals surface area contributed by atoms with Gasteiger partial charge in [0.25, 0.3) is 5.69 Å². The van der Waals surface area contributed by atoms with E-state index in [0.717, 1.165) is 12.3 Å². The first-order valence-corrected chi connectivity index (χ1v) is 7.96. The minimum atomic E-state index is -0.558. The van der Waals surface area contributed by atoms with E-state index >= 15 is 0 Å². The number of Topliss-reactive ketones (excluding diaryl/α,β-unsaturated/α-hetero) is 1. The van der Waals surface area contributed by atoms with Gasteiger partial charge in [-0.15, -0.1) is 0 Å². The Morgan fingerprint density at radius 2 is 2.09 bits per heavy atom. The van der Waals surface area contributed by atoms with Crippen LogP contribution < -0.4 is 0 Å². The predicted molar refractivity (Wildman–Crippen MR) is 81.9 cm³/mol. The van der Waals surface area contributed by atoms with Crippen molar-refractivity contribution in [3.05, 3.63) is 39.9 Å². The SMILES string of the molecule is O=C(C[C@@H]1C[C@H]2CC[C@@H]1C2)OCC(=O)c1cccc([N+](=O)[O-])c1. The summed E-state index contributed by atoms with van der Waals surface area (Å²) in [6.07, 6.45) is 5.18. The van der Waals surface area contributed by atoms with Gasteiger partial charge in [-0.2, -0.15) is 0 Å². The third kappa shape index (κ3) is 3.57. The highest BCUT2D eigenvalue weighted by molar-refractivity contribution is 5.98. The lowest BCUT2D eigenvalue weighted by Crippen LogP contribution is -2.19. The Hall–Kier alpha value is -2.24. The van der Waals surface area contributed by atoms with E-state index in [1.165, 1.54) is 43.5 Å². The number of ether oxygens (including phenoxy) is 1. The molecule has 122 valence electrons. The van der Waals surface area contributed by atoms with Crippen molar-refractivity contribution in [1.82, 2.24) is 0 Å². The van der Waals surface area contributed by atoms with Gasteiger partial charge in [0.05, 0.1) is 4.92 Å². The number of hydrogen-bond acceptors (Lipinski definition) is 5. The number of carbonyl (C=O) groups excluding carboxylic acids is 2. The smallest absolute Gasteiger partial charge is 0.306 e. The van der Waals surface area contributed by atoms with Crippen molar-refractivity contribution in [2.24, 2.45) is 17.8 Å². The van der Waals surface area contributed by atoms with Crippen molar-refractivity contribution in [2.75, 3.05) is 6.61 Å². The number of nitro groups is 1. The van der Waals surface area contributed by atoms with Gasteiger partial charge in [0.2, 0.25) is 5.78 Å². The Labute approximate surface area is 134 Å². The second kappa shape index (κ2) is 6.48. The van der Waals surface area contributed by atoms with Crippen LogP contribution in [0.5, 0.6) is 0 Å². The van der Waals surface area contributed by atoms with Crippen LogP contribution in [0, 0.1) is 27.9 Å². The summed E-state index contributed by atoms with van der Waals surface area (Å²) in [5.41, 5.74) is 0.0380. The summed E-state index contributed by atoms with van der Waals surface area (Å²) in [6, 6.07) is 5.45. The molecule has 0 unspecified atom stereocenters. The lowest BCUT2D eigenvalue weighted by molar-refractivity contribution is -0.384. The molecule has 6 nitrogen and oxygen atoms in total. The van der Waals surface area contributed by atoms with Crippen molar-refractivity contribution in [3.63, 3.8) is 0 Å². The molecule has 2 fully saturated rings. The van der Waals surface area contributed by atoms with E-state index in [1.807, 2.05) is 0 Å². The Kier molecular flexibility index (Phi) is 4.41. The first-order chi connectivity index (χ1) is 11.0. The van der Waals surface area contributed by atoms with Crippen molar-refractivity contribution in [3.8, 4) is 0 Å². The lowest BCUT2D eigenvalue weighted by atomic mass is 9.86. The van der Waals surface area contributed by atoms with Crippen LogP contribution in [-0.4, -0.2) is 23.3 Å². The molecule has 0 aromatic heterocycles.